The van der Waals surface area contributed by atoms with E-state index in [1.165, 1.54) is 19.1 Å². The first-order valence-electron chi connectivity index (χ1n) is 6.89. The minimum absolute atomic E-state index is 0.0534. The number of hydrogen-bond donors (Lipinski definition) is 2. The number of carbonyl (C=O) groups excluding carboxylic acids is 1. The molecule has 1 fully saturated rings. The molecule has 6 heteroatoms. The summed E-state index contributed by atoms with van der Waals surface area (Å²) < 4.78 is 22.1. The first kappa shape index (κ1) is 16.4. The fourth-order valence-electron chi connectivity index (χ4n) is 2.04. The summed E-state index contributed by atoms with van der Waals surface area (Å²) in [4.78, 5) is 11.7. The summed E-state index contributed by atoms with van der Waals surface area (Å²) in [6, 6.07) is 0. The van der Waals surface area contributed by atoms with Crippen molar-refractivity contribution in [2.24, 2.45) is 5.92 Å². The lowest BCUT2D eigenvalue weighted by Crippen LogP contribution is -2.43. The van der Waals surface area contributed by atoms with Crippen molar-refractivity contribution in [1.29, 1.82) is 0 Å². The quantitative estimate of drug-likeness (QED) is 0.755. The maximum atomic E-state index is 11.7. The Bertz CT molecular complexity index is 398. The predicted molar refractivity (Wildman–Crippen MR) is 76.8 cm³/mol. The van der Waals surface area contributed by atoms with Crippen molar-refractivity contribution in [3.05, 3.63) is 0 Å². The van der Waals surface area contributed by atoms with E-state index >= 15 is 0 Å². The molecule has 1 rings (SSSR count). The lowest BCUT2D eigenvalue weighted by atomic mass is 9.94. The highest BCUT2D eigenvalue weighted by molar-refractivity contribution is 7.92. The maximum absolute atomic E-state index is 11.7. The molecule has 0 aromatic heterocycles. The van der Waals surface area contributed by atoms with Crippen LogP contribution in [0.2, 0.25) is 0 Å². The SMILES string of the molecule is CC(C)(CNC(=O)CCC1CCCNC1)S(C)(=O)=O. The lowest BCUT2D eigenvalue weighted by Gasteiger charge is -2.24. The van der Waals surface area contributed by atoms with Gasteiger partial charge in [-0.05, 0) is 52.1 Å². The van der Waals surface area contributed by atoms with Crippen LogP contribution in [0, 0.1) is 5.92 Å². The van der Waals surface area contributed by atoms with Crippen molar-refractivity contribution < 1.29 is 13.2 Å². The second kappa shape index (κ2) is 6.70. The van der Waals surface area contributed by atoms with E-state index in [1.807, 2.05) is 0 Å². The molecule has 1 saturated heterocycles. The van der Waals surface area contributed by atoms with E-state index < -0.39 is 14.6 Å². The van der Waals surface area contributed by atoms with Gasteiger partial charge in [-0.15, -0.1) is 0 Å². The van der Waals surface area contributed by atoms with Crippen LogP contribution in [0.4, 0.5) is 0 Å². The zero-order valence-electron chi connectivity index (χ0n) is 12.2. The molecule has 5 nitrogen and oxygen atoms in total. The molecule has 0 aromatic carbocycles. The third kappa shape index (κ3) is 5.48. The largest absolute Gasteiger partial charge is 0.355 e. The molecule has 1 aliphatic heterocycles. The fourth-order valence-corrected chi connectivity index (χ4v) is 2.37. The molecule has 1 aliphatic rings. The molecule has 0 radical (unpaired) electrons. The van der Waals surface area contributed by atoms with E-state index in [0.29, 0.717) is 12.3 Å². The van der Waals surface area contributed by atoms with E-state index in [4.69, 9.17) is 0 Å². The van der Waals surface area contributed by atoms with Gasteiger partial charge in [0.2, 0.25) is 5.91 Å². The summed E-state index contributed by atoms with van der Waals surface area (Å²) in [7, 11) is -3.16. The van der Waals surface area contributed by atoms with Gasteiger partial charge in [0.1, 0.15) is 0 Å². The van der Waals surface area contributed by atoms with Gasteiger partial charge < -0.3 is 10.6 Å². The number of hydrogen-bond acceptors (Lipinski definition) is 4. The van der Waals surface area contributed by atoms with Crippen molar-refractivity contribution in [3.63, 3.8) is 0 Å². The van der Waals surface area contributed by atoms with Gasteiger partial charge in [0.05, 0.1) is 4.75 Å². The molecule has 0 bridgehead atoms. The van der Waals surface area contributed by atoms with Crippen LogP contribution in [0.25, 0.3) is 0 Å². The van der Waals surface area contributed by atoms with Crippen LogP contribution < -0.4 is 10.6 Å². The average Bonchev–Trinajstić information content (AvgIpc) is 2.34. The van der Waals surface area contributed by atoms with E-state index in [2.05, 4.69) is 10.6 Å². The van der Waals surface area contributed by atoms with Crippen molar-refractivity contribution in [2.45, 2.75) is 44.3 Å². The summed E-state index contributed by atoms with van der Waals surface area (Å²) in [5.74, 6) is 0.518. The second-order valence-corrected chi connectivity index (χ2v) is 8.71. The van der Waals surface area contributed by atoms with Crippen molar-refractivity contribution in [1.82, 2.24) is 10.6 Å². The monoisotopic (exact) mass is 290 g/mol. The highest BCUT2D eigenvalue weighted by atomic mass is 32.2. The fraction of sp³-hybridized carbons (Fsp3) is 0.923. The number of nitrogens with one attached hydrogen (secondary N) is 2. The highest BCUT2D eigenvalue weighted by Crippen LogP contribution is 2.16. The minimum atomic E-state index is -3.16. The second-order valence-electron chi connectivity index (χ2n) is 6.06. The third-order valence-electron chi connectivity index (χ3n) is 3.89. The van der Waals surface area contributed by atoms with Crippen molar-refractivity contribution >= 4 is 15.7 Å². The van der Waals surface area contributed by atoms with E-state index in [1.54, 1.807) is 13.8 Å². The van der Waals surface area contributed by atoms with E-state index in [0.717, 1.165) is 19.5 Å². The van der Waals surface area contributed by atoms with Gasteiger partial charge in [0.25, 0.3) is 0 Å². The van der Waals surface area contributed by atoms with Gasteiger partial charge in [-0.25, -0.2) is 8.42 Å². The Morgan fingerprint density at radius 1 is 1.42 bits per heavy atom. The van der Waals surface area contributed by atoms with Crippen molar-refractivity contribution in [2.75, 3.05) is 25.9 Å². The molecule has 1 amide bonds. The number of rotatable bonds is 6. The molecule has 0 spiro atoms. The number of carbonyl (C=O) groups is 1. The topological polar surface area (TPSA) is 75.3 Å². The Morgan fingerprint density at radius 3 is 2.63 bits per heavy atom. The van der Waals surface area contributed by atoms with Gasteiger partial charge in [0, 0.05) is 19.2 Å². The zero-order chi connectivity index (χ0) is 14.5. The predicted octanol–water partition coefficient (Wildman–Crippen LogP) is 0.706. The Balaban J connectivity index is 2.28. The lowest BCUT2D eigenvalue weighted by molar-refractivity contribution is -0.121. The standard InChI is InChI=1S/C13H26N2O3S/c1-13(2,19(3,17)18)10-15-12(16)7-6-11-5-4-8-14-9-11/h11,14H,4-10H2,1-3H3,(H,15,16). The van der Waals surface area contributed by atoms with Crippen LogP contribution in [-0.4, -0.2) is 45.0 Å². The summed E-state index contributed by atoms with van der Waals surface area (Å²) in [5, 5.41) is 6.05. The summed E-state index contributed by atoms with van der Waals surface area (Å²) in [5.41, 5.74) is 0. The van der Waals surface area contributed by atoms with Gasteiger partial charge in [-0.3, -0.25) is 4.79 Å². The van der Waals surface area contributed by atoms with Crippen molar-refractivity contribution in [3.8, 4) is 0 Å². The molecule has 0 saturated carbocycles. The maximum Gasteiger partial charge on any atom is 0.220 e. The molecule has 19 heavy (non-hydrogen) atoms. The molecule has 0 aliphatic carbocycles. The molecule has 1 heterocycles. The first-order chi connectivity index (χ1) is 8.72. The number of piperidine rings is 1. The molecular formula is C13H26N2O3S. The molecule has 0 aromatic rings. The molecule has 112 valence electrons. The van der Waals surface area contributed by atoms with Crippen LogP contribution in [0.5, 0.6) is 0 Å². The van der Waals surface area contributed by atoms with E-state index in [9.17, 15) is 13.2 Å². The smallest absolute Gasteiger partial charge is 0.220 e. The molecule has 1 atom stereocenters. The Morgan fingerprint density at radius 2 is 2.11 bits per heavy atom. The van der Waals surface area contributed by atoms with E-state index in [-0.39, 0.29) is 12.5 Å². The van der Waals surface area contributed by atoms with Gasteiger partial charge in [0.15, 0.2) is 9.84 Å². The van der Waals surface area contributed by atoms with Gasteiger partial charge in [-0.2, -0.15) is 0 Å². The minimum Gasteiger partial charge on any atom is -0.355 e. The molecule has 1 unspecified atom stereocenters. The molecule has 2 N–H and O–H groups in total. The average molecular weight is 290 g/mol. The first-order valence-corrected chi connectivity index (χ1v) is 8.78. The normalized spacial score (nSPS) is 21.1. The number of sulfone groups is 1. The Kier molecular flexibility index (Phi) is 5.80. The highest BCUT2D eigenvalue weighted by Gasteiger charge is 2.30. The summed E-state index contributed by atoms with van der Waals surface area (Å²) in [6.45, 7) is 5.50. The van der Waals surface area contributed by atoms with Crippen LogP contribution in [0.3, 0.4) is 0 Å². The zero-order valence-corrected chi connectivity index (χ0v) is 13.0. The summed E-state index contributed by atoms with van der Waals surface area (Å²) >= 11 is 0. The Hall–Kier alpha value is -0.620. The van der Waals surface area contributed by atoms with Gasteiger partial charge in [-0.1, -0.05) is 0 Å². The molecular weight excluding hydrogens is 264 g/mol. The Labute approximate surface area is 116 Å². The van der Waals surface area contributed by atoms with Crippen LogP contribution in [-0.2, 0) is 14.6 Å². The van der Waals surface area contributed by atoms with Crippen LogP contribution >= 0.6 is 0 Å². The summed E-state index contributed by atoms with van der Waals surface area (Å²) in [6.07, 6.45) is 4.90. The van der Waals surface area contributed by atoms with Crippen LogP contribution in [0.1, 0.15) is 39.5 Å². The third-order valence-corrected chi connectivity index (χ3v) is 6.05. The van der Waals surface area contributed by atoms with Crippen LogP contribution in [0.15, 0.2) is 0 Å². The number of amides is 1. The van der Waals surface area contributed by atoms with Gasteiger partial charge >= 0.3 is 0 Å².